The number of nitrogens with zero attached hydrogens (tertiary/aromatic N) is 5. The Morgan fingerprint density at radius 2 is 1.78 bits per heavy atom. The number of fused-ring (bicyclic) bond motifs is 1. The normalized spacial score (nSPS) is 11.3. The lowest BCUT2D eigenvalue weighted by Gasteiger charge is -2.21. The van der Waals surface area contributed by atoms with Crippen molar-refractivity contribution in [2.24, 2.45) is 0 Å². The first-order chi connectivity index (χ1) is 13.3. The largest absolute Gasteiger partial charge is 0.295 e. The maximum absolute atomic E-state index is 4.70. The van der Waals surface area contributed by atoms with Crippen LogP contribution in [0.1, 0.15) is 24.5 Å². The molecule has 0 saturated carbocycles. The quantitative estimate of drug-likeness (QED) is 0.497. The molecule has 1 aromatic carbocycles. The lowest BCUT2D eigenvalue weighted by Crippen LogP contribution is -2.24. The first-order valence-electron chi connectivity index (χ1n) is 9.32. The molecular weight excluding hydrogens is 334 g/mol. The van der Waals surface area contributed by atoms with E-state index in [1.165, 1.54) is 5.56 Å². The van der Waals surface area contributed by atoms with Gasteiger partial charge in [-0.15, -0.1) is 0 Å². The molecule has 0 aliphatic heterocycles. The number of hydrogen-bond donors (Lipinski definition) is 0. The van der Waals surface area contributed by atoms with Gasteiger partial charge < -0.3 is 0 Å². The van der Waals surface area contributed by atoms with E-state index in [4.69, 9.17) is 4.98 Å². The zero-order valence-electron chi connectivity index (χ0n) is 15.5. The second-order valence-corrected chi connectivity index (χ2v) is 6.73. The summed E-state index contributed by atoms with van der Waals surface area (Å²) in [6.45, 7) is 4.96. The van der Waals surface area contributed by atoms with Gasteiger partial charge in [0.1, 0.15) is 0 Å². The standard InChI is InChI=1S/C22H23N5/c1-2-11-26(15-18-7-6-10-23-12-18)16-19-13-24-22-21(14-25-27(22)17-19)20-8-4-3-5-9-20/h3-10,12-14,17H,2,11,15-16H2,1H3. The van der Waals surface area contributed by atoms with Gasteiger partial charge in [0.15, 0.2) is 5.65 Å². The van der Waals surface area contributed by atoms with Crippen LogP contribution < -0.4 is 0 Å². The van der Waals surface area contributed by atoms with Crippen LogP contribution in [0.25, 0.3) is 16.8 Å². The summed E-state index contributed by atoms with van der Waals surface area (Å²) >= 11 is 0. The summed E-state index contributed by atoms with van der Waals surface area (Å²) in [5, 5.41) is 4.52. The molecule has 0 spiro atoms. The molecule has 0 bridgehead atoms. The Balaban J connectivity index is 1.56. The molecule has 4 rings (SSSR count). The van der Waals surface area contributed by atoms with E-state index in [1.54, 1.807) is 0 Å². The van der Waals surface area contributed by atoms with Gasteiger partial charge in [-0.2, -0.15) is 5.10 Å². The summed E-state index contributed by atoms with van der Waals surface area (Å²) in [7, 11) is 0. The highest BCUT2D eigenvalue weighted by Crippen LogP contribution is 2.23. The third-order valence-electron chi connectivity index (χ3n) is 4.57. The van der Waals surface area contributed by atoms with Crippen molar-refractivity contribution in [3.63, 3.8) is 0 Å². The third kappa shape index (κ3) is 4.04. The molecule has 0 atom stereocenters. The van der Waals surface area contributed by atoms with Crippen LogP contribution in [-0.2, 0) is 13.1 Å². The Labute approximate surface area is 159 Å². The molecule has 3 aromatic heterocycles. The van der Waals surface area contributed by atoms with Crippen molar-refractivity contribution < 1.29 is 0 Å². The van der Waals surface area contributed by atoms with Gasteiger partial charge in [-0.25, -0.2) is 9.50 Å². The van der Waals surface area contributed by atoms with Crippen LogP contribution >= 0.6 is 0 Å². The highest BCUT2D eigenvalue weighted by atomic mass is 15.2. The Kier molecular flexibility index (Phi) is 5.21. The van der Waals surface area contributed by atoms with Crippen LogP contribution in [0.2, 0.25) is 0 Å². The van der Waals surface area contributed by atoms with Crippen LogP contribution in [0, 0.1) is 0 Å². The van der Waals surface area contributed by atoms with Crippen molar-refractivity contribution in [3.8, 4) is 11.1 Å². The van der Waals surface area contributed by atoms with Crippen molar-refractivity contribution in [1.82, 2.24) is 24.5 Å². The van der Waals surface area contributed by atoms with Crippen molar-refractivity contribution in [2.75, 3.05) is 6.54 Å². The predicted octanol–water partition coefficient (Wildman–Crippen LogP) is 4.20. The first kappa shape index (κ1) is 17.4. The molecule has 0 radical (unpaired) electrons. The summed E-state index contributed by atoms with van der Waals surface area (Å²) in [6, 6.07) is 14.4. The maximum atomic E-state index is 4.70. The summed E-state index contributed by atoms with van der Waals surface area (Å²) in [6.07, 6.45) is 10.8. The van der Waals surface area contributed by atoms with E-state index in [2.05, 4.69) is 46.3 Å². The zero-order valence-corrected chi connectivity index (χ0v) is 15.5. The summed E-state index contributed by atoms with van der Waals surface area (Å²) in [4.78, 5) is 11.3. The second kappa shape index (κ2) is 8.10. The molecule has 0 aliphatic rings. The van der Waals surface area contributed by atoms with Gasteiger partial charge in [-0.05, 0) is 30.2 Å². The van der Waals surface area contributed by atoms with Crippen molar-refractivity contribution in [1.29, 1.82) is 0 Å². The predicted molar refractivity (Wildman–Crippen MR) is 107 cm³/mol. The molecule has 0 N–H and O–H groups in total. The monoisotopic (exact) mass is 357 g/mol. The first-order valence-corrected chi connectivity index (χ1v) is 9.32. The van der Waals surface area contributed by atoms with Gasteiger partial charge in [-0.1, -0.05) is 43.3 Å². The minimum absolute atomic E-state index is 0.839. The molecule has 5 nitrogen and oxygen atoms in total. The van der Waals surface area contributed by atoms with Crippen LogP contribution in [0.15, 0.2) is 73.4 Å². The van der Waals surface area contributed by atoms with Crippen LogP contribution in [-0.4, -0.2) is 31.0 Å². The molecule has 0 amide bonds. The lowest BCUT2D eigenvalue weighted by molar-refractivity contribution is 0.256. The number of aromatic nitrogens is 4. The molecule has 136 valence electrons. The molecule has 0 unspecified atom stereocenters. The fraction of sp³-hybridized carbons (Fsp3) is 0.227. The highest BCUT2D eigenvalue weighted by molar-refractivity contribution is 5.76. The molecule has 4 aromatic rings. The lowest BCUT2D eigenvalue weighted by atomic mass is 10.1. The number of hydrogen-bond acceptors (Lipinski definition) is 4. The van der Waals surface area contributed by atoms with Crippen molar-refractivity contribution in [3.05, 3.63) is 84.6 Å². The topological polar surface area (TPSA) is 46.3 Å². The molecule has 27 heavy (non-hydrogen) atoms. The zero-order chi connectivity index (χ0) is 18.5. The molecular formula is C22H23N5. The Bertz CT molecular complexity index is 995. The van der Waals surface area contributed by atoms with Gasteiger partial charge in [-0.3, -0.25) is 9.88 Å². The number of benzene rings is 1. The minimum Gasteiger partial charge on any atom is -0.295 e. The summed E-state index contributed by atoms with van der Waals surface area (Å²) < 4.78 is 1.88. The average molecular weight is 357 g/mol. The van der Waals surface area contributed by atoms with Crippen molar-refractivity contribution in [2.45, 2.75) is 26.4 Å². The number of rotatable bonds is 7. The van der Waals surface area contributed by atoms with E-state index in [-0.39, 0.29) is 0 Å². The average Bonchev–Trinajstić information content (AvgIpc) is 3.13. The van der Waals surface area contributed by atoms with Gasteiger partial charge in [0.2, 0.25) is 0 Å². The van der Waals surface area contributed by atoms with E-state index >= 15 is 0 Å². The van der Waals surface area contributed by atoms with Gasteiger partial charge in [0, 0.05) is 49.0 Å². The van der Waals surface area contributed by atoms with E-state index in [9.17, 15) is 0 Å². The van der Waals surface area contributed by atoms with Crippen LogP contribution in [0.3, 0.4) is 0 Å². The van der Waals surface area contributed by atoms with Crippen LogP contribution in [0.4, 0.5) is 0 Å². The molecule has 0 fully saturated rings. The van der Waals surface area contributed by atoms with E-state index in [0.29, 0.717) is 0 Å². The minimum atomic E-state index is 0.839. The van der Waals surface area contributed by atoms with Crippen LogP contribution in [0.5, 0.6) is 0 Å². The molecule has 5 heteroatoms. The van der Waals surface area contributed by atoms with Gasteiger partial charge in [0.05, 0.1) is 6.20 Å². The van der Waals surface area contributed by atoms with E-state index in [1.807, 2.05) is 53.6 Å². The fourth-order valence-corrected chi connectivity index (χ4v) is 3.35. The highest BCUT2D eigenvalue weighted by Gasteiger charge is 2.11. The Morgan fingerprint density at radius 3 is 2.56 bits per heavy atom. The smallest absolute Gasteiger partial charge is 0.162 e. The second-order valence-electron chi connectivity index (χ2n) is 6.73. The SMILES string of the molecule is CCCN(Cc1cccnc1)Cc1cnc2c(-c3ccccc3)cnn2c1. The molecule has 0 aliphatic carbocycles. The van der Waals surface area contributed by atoms with Gasteiger partial charge >= 0.3 is 0 Å². The third-order valence-corrected chi connectivity index (χ3v) is 4.57. The Hall–Kier alpha value is -3.05. The van der Waals surface area contributed by atoms with Gasteiger partial charge in [0.25, 0.3) is 0 Å². The fourth-order valence-electron chi connectivity index (χ4n) is 3.35. The Morgan fingerprint density at radius 1 is 0.926 bits per heavy atom. The maximum Gasteiger partial charge on any atom is 0.162 e. The molecule has 3 heterocycles. The number of pyridine rings is 1. The summed E-state index contributed by atoms with van der Waals surface area (Å²) in [5.41, 5.74) is 5.46. The molecule has 0 saturated heterocycles. The van der Waals surface area contributed by atoms with Crippen molar-refractivity contribution >= 4 is 5.65 Å². The van der Waals surface area contributed by atoms with E-state index in [0.717, 1.165) is 48.4 Å². The summed E-state index contributed by atoms with van der Waals surface area (Å²) in [5.74, 6) is 0. The van der Waals surface area contributed by atoms with E-state index < -0.39 is 0 Å².